The summed E-state index contributed by atoms with van der Waals surface area (Å²) in [7, 11) is 0. The van der Waals surface area contributed by atoms with Crippen LogP contribution in [0.15, 0.2) is 30.3 Å². The molecule has 1 unspecified atom stereocenters. The number of hydrogen-bond acceptors (Lipinski definition) is 1. The maximum absolute atomic E-state index is 3.69. The smallest absolute Gasteiger partial charge is 0.0348 e. The van der Waals surface area contributed by atoms with Gasteiger partial charge in [0.05, 0.1) is 0 Å². The third-order valence-electron chi connectivity index (χ3n) is 3.29. The van der Waals surface area contributed by atoms with Crippen molar-refractivity contribution in [1.82, 2.24) is 5.32 Å². The van der Waals surface area contributed by atoms with Crippen LogP contribution in [0.1, 0.15) is 51.6 Å². The van der Waals surface area contributed by atoms with Crippen molar-refractivity contribution < 1.29 is 0 Å². The van der Waals surface area contributed by atoms with Crippen molar-refractivity contribution in [2.75, 3.05) is 6.54 Å². The third-order valence-corrected chi connectivity index (χ3v) is 3.29. The maximum Gasteiger partial charge on any atom is 0.0348 e. The molecular formula is C15H25N. The van der Waals surface area contributed by atoms with Crippen LogP contribution < -0.4 is 5.32 Å². The monoisotopic (exact) mass is 219 g/mol. The molecule has 1 nitrogen and oxygen atoms in total. The van der Waals surface area contributed by atoms with Gasteiger partial charge in [0.2, 0.25) is 0 Å². The maximum atomic E-state index is 3.69. The van der Waals surface area contributed by atoms with E-state index in [1.165, 1.54) is 24.8 Å². The van der Waals surface area contributed by atoms with E-state index in [2.05, 4.69) is 56.4 Å². The van der Waals surface area contributed by atoms with E-state index in [-0.39, 0.29) is 0 Å². The molecule has 1 aromatic rings. The second-order valence-electron chi connectivity index (χ2n) is 4.42. The Balaban J connectivity index is 2.78. The Labute approximate surface area is 100 Å². The van der Waals surface area contributed by atoms with Crippen LogP contribution in [-0.2, 0) is 0 Å². The van der Waals surface area contributed by atoms with Gasteiger partial charge in [0.25, 0.3) is 0 Å². The molecule has 1 rings (SSSR count). The van der Waals surface area contributed by atoms with E-state index in [9.17, 15) is 0 Å². The quantitative estimate of drug-likeness (QED) is 0.726. The van der Waals surface area contributed by atoms with Crippen molar-refractivity contribution in [2.45, 2.75) is 46.1 Å². The second kappa shape index (κ2) is 7.45. The minimum atomic E-state index is 0.524. The molecule has 1 atom stereocenters. The van der Waals surface area contributed by atoms with E-state index in [1.807, 2.05) is 0 Å². The summed E-state index contributed by atoms with van der Waals surface area (Å²) in [5.41, 5.74) is 1.43. The highest BCUT2D eigenvalue weighted by Crippen LogP contribution is 2.27. The summed E-state index contributed by atoms with van der Waals surface area (Å²) in [6, 6.07) is 11.4. The molecule has 16 heavy (non-hydrogen) atoms. The summed E-state index contributed by atoms with van der Waals surface area (Å²) in [4.78, 5) is 0. The SMILES string of the molecule is CCCNC(c1ccccc1)C(CC)CC. The minimum absolute atomic E-state index is 0.524. The lowest BCUT2D eigenvalue weighted by atomic mass is 9.89. The van der Waals surface area contributed by atoms with Gasteiger partial charge in [-0.15, -0.1) is 0 Å². The Bertz CT molecular complexity index is 264. The fourth-order valence-corrected chi connectivity index (χ4v) is 2.28. The fourth-order valence-electron chi connectivity index (χ4n) is 2.28. The first-order valence-electron chi connectivity index (χ1n) is 6.61. The van der Waals surface area contributed by atoms with Gasteiger partial charge in [-0.1, -0.05) is 63.9 Å². The molecule has 0 fully saturated rings. The van der Waals surface area contributed by atoms with E-state index in [0.29, 0.717) is 6.04 Å². The molecule has 0 aliphatic heterocycles. The molecule has 1 N–H and O–H groups in total. The Hall–Kier alpha value is -0.820. The van der Waals surface area contributed by atoms with Crippen LogP contribution in [0.3, 0.4) is 0 Å². The minimum Gasteiger partial charge on any atom is -0.310 e. The van der Waals surface area contributed by atoms with E-state index < -0.39 is 0 Å². The van der Waals surface area contributed by atoms with Crippen molar-refractivity contribution >= 4 is 0 Å². The van der Waals surface area contributed by atoms with Crippen LogP contribution >= 0.6 is 0 Å². The number of benzene rings is 1. The number of nitrogens with one attached hydrogen (secondary N) is 1. The van der Waals surface area contributed by atoms with Crippen molar-refractivity contribution in [1.29, 1.82) is 0 Å². The van der Waals surface area contributed by atoms with Crippen molar-refractivity contribution in [3.63, 3.8) is 0 Å². The van der Waals surface area contributed by atoms with Gasteiger partial charge >= 0.3 is 0 Å². The number of rotatable bonds is 7. The highest BCUT2D eigenvalue weighted by molar-refractivity contribution is 5.19. The molecular weight excluding hydrogens is 194 g/mol. The fraction of sp³-hybridized carbons (Fsp3) is 0.600. The molecule has 0 saturated heterocycles. The van der Waals surface area contributed by atoms with E-state index in [0.717, 1.165) is 12.5 Å². The predicted octanol–water partition coefficient (Wildman–Crippen LogP) is 4.16. The summed E-state index contributed by atoms with van der Waals surface area (Å²) < 4.78 is 0. The molecule has 0 saturated carbocycles. The zero-order valence-electron chi connectivity index (χ0n) is 10.9. The van der Waals surface area contributed by atoms with Gasteiger partial charge < -0.3 is 5.32 Å². The van der Waals surface area contributed by atoms with Crippen LogP contribution in [0.4, 0.5) is 0 Å². The lowest BCUT2D eigenvalue weighted by molar-refractivity contribution is 0.341. The van der Waals surface area contributed by atoms with Crippen LogP contribution in [-0.4, -0.2) is 6.54 Å². The van der Waals surface area contributed by atoms with Crippen LogP contribution in [0.2, 0.25) is 0 Å². The second-order valence-corrected chi connectivity index (χ2v) is 4.42. The largest absolute Gasteiger partial charge is 0.310 e. The molecule has 0 bridgehead atoms. The molecule has 0 aliphatic rings. The molecule has 0 amide bonds. The lowest BCUT2D eigenvalue weighted by Crippen LogP contribution is -2.28. The molecule has 1 aromatic carbocycles. The topological polar surface area (TPSA) is 12.0 Å². The predicted molar refractivity (Wildman–Crippen MR) is 71.5 cm³/mol. The van der Waals surface area contributed by atoms with Gasteiger partial charge in [-0.05, 0) is 24.4 Å². The lowest BCUT2D eigenvalue weighted by Gasteiger charge is -2.27. The number of hydrogen-bond donors (Lipinski definition) is 1. The Morgan fingerprint density at radius 3 is 2.12 bits per heavy atom. The summed E-state index contributed by atoms with van der Waals surface area (Å²) in [5, 5.41) is 3.69. The highest BCUT2D eigenvalue weighted by atomic mass is 14.9. The average Bonchev–Trinajstić information content (AvgIpc) is 2.35. The van der Waals surface area contributed by atoms with E-state index >= 15 is 0 Å². The third kappa shape index (κ3) is 3.64. The Morgan fingerprint density at radius 2 is 1.62 bits per heavy atom. The standard InChI is InChI=1S/C15H25N/c1-4-12-16-15(13(5-2)6-3)14-10-8-7-9-11-14/h7-11,13,15-16H,4-6,12H2,1-3H3. The van der Waals surface area contributed by atoms with Gasteiger partial charge in [0.15, 0.2) is 0 Å². The summed E-state index contributed by atoms with van der Waals surface area (Å²) >= 11 is 0. The molecule has 0 radical (unpaired) electrons. The first-order chi connectivity index (χ1) is 7.83. The van der Waals surface area contributed by atoms with E-state index in [4.69, 9.17) is 0 Å². The van der Waals surface area contributed by atoms with E-state index in [1.54, 1.807) is 0 Å². The molecule has 90 valence electrons. The molecule has 0 aromatic heterocycles. The van der Waals surface area contributed by atoms with Gasteiger partial charge in [-0.25, -0.2) is 0 Å². The van der Waals surface area contributed by atoms with Crippen LogP contribution in [0.25, 0.3) is 0 Å². The zero-order valence-corrected chi connectivity index (χ0v) is 10.9. The zero-order chi connectivity index (χ0) is 11.8. The summed E-state index contributed by atoms with van der Waals surface area (Å²) in [6.45, 7) is 7.91. The molecule has 0 heterocycles. The Kier molecular flexibility index (Phi) is 6.17. The molecule has 0 spiro atoms. The van der Waals surface area contributed by atoms with Crippen molar-refractivity contribution in [3.8, 4) is 0 Å². The first-order valence-corrected chi connectivity index (χ1v) is 6.61. The molecule has 0 aliphatic carbocycles. The summed E-state index contributed by atoms with van der Waals surface area (Å²) in [5.74, 6) is 0.744. The van der Waals surface area contributed by atoms with Crippen molar-refractivity contribution in [3.05, 3.63) is 35.9 Å². The van der Waals surface area contributed by atoms with Gasteiger partial charge in [-0.3, -0.25) is 0 Å². The average molecular weight is 219 g/mol. The van der Waals surface area contributed by atoms with Crippen LogP contribution in [0.5, 0.6) is 0 Å². The normalized spacial score (nSPS) is 13.0. The van der Waals surface area contributed by atoms with Gasteiger partial charge in [0, 0.05) is 6.04 Å². The Morgan fingerprint density at radius 1 is 1.00 bits per heavy atom. The molecule has 1 heteroatoms. The van der Waals surface area contributed by atoms with Crippen LogP contribution in [0, 0.1) is 5.92 Å². The van der Waals surface area contributed by atoms with Gasteiger partial charge in [0.1, 0.15) is 0 Å². The van der Waals surface area contributed by atoms with Gasteiger partial charge in [-0.2, -0.15) is 0 Å². The summed E-state index contributed by atoms with van der Waals surface area (Å²) in [6.07, 6.45) is 3.68. The van der Waals surface area contributed by atoms with Crippen molar-refractivity contribution in [2.24, 2.45) is 5.92 Å². The highest BCUT2D eigenvalue weighted by Gasteiger charge is 2.18. The first kappa shape index (κ1) is 13.2.